The Morgan fingerprint density at radius 2 is 1.91 bits per heavy atom. The van der Waals surface area contributed by atoms with Crippen LogP contribution in [0.3, 0.4) is 0 Å². The normalized spacial score (nSPS) is 11.7. The second-order valence-electron chi connectivity index (χ2n) is 4.69. The van der Waals surface area contributed by atoms with E-state index >= 15 is 0 Å². The van der Waals surface area contributed by atoms with Gasteiger partial charge in [0.05, 0.1) is 18.3 Å². The number of nitrogens with zero attached hydrogens (tertiary/aromatic N) is 1. The molecule has 0 bridgehead atoms. The van der Waals surface area contributed by atoms with E-state index in [1.165, 1.54) is 7.05 Å². The summed E-state index contributed by atoms with van der Waals surface area (Å²) in [7, 11) is 3.05. The van der Waals surface area contributed by atoms with E-state index in [1.807, 2.05) is 18.2 Å². The minimum absolute atomic E-state index is 0.0175. The summed E-state index contributed by atoms with van der Waals surface area (Å²) in [4.78, 5) is 36.4. The average molecular weight is 371 g/mol. The number of rotatable bonds is 5. The Balaban J connectivity index is 2.55. The van der Waals surface area contributed by atoms with Gasteiger partial charge in [-0.3, -0.25) is 19.8 Å². The van der Waals surface area contributed by atoms with Gasteiger partial charge in [-0.15, -0.1) is 0 Å². The van der Waals surface area contributed by atoms with Gasteiger partial charge < -0.3 is 10.6 Å². The van der Waals surface area contributed by atoms with Crippen LogP contribution in [-0.4, -0.2) is 49.4 Å². The molecule has 8 heteroatoms. The Bertz CT molecular complexity index is 565. The van der Waals surface area contributed by atoms with Crippen molar-refractivity contribution >= 4 is 39.5 Å². The summed E-state index contributed by atoms with van der Waals surface area (Å²) < 4.78 is 0.774. The molecule has 22 heavy (non-hydrogen) atoms. The highest BCUT2D eigenvalue weighted by atomic mass is 79.9. The van der Waals surface area contributed by atoms with Crippen molar-refractivity contribution in [1.82, 2.24) is 15.5 Å². The minimum atomic E-state index is -0.623. The molecular weight excluding hydrogens is 352 g/mol. The molecule has 7 nitrogen and oxygen atoms in total. The first kappa shape index (κ1) is 18.1. The van der Waals surface area contributed by atoms with Gasteiger partial charge in [0.25, 0.3) is 0 Å². The summed E-state index contributed by atoms with van der Waals surface area (Å²) in [5.74, 6) is -0.732. The van der Waals surface area contributed by atoms with E-state index in [2.05, 4.69) is 31.9 Å². The Hall–Kier alpha value is -1.93. The van der Waals surface area contributed by atoms with Gasteiger partial charge in [-0.25, -0.2) is 4.79 Å². The van der Waals surface area contributed by atoms with Crippen molar-refractivity contribution in [2.45, 2.75) is 13.0 Å². The van der Waals surface area contributed by atoms with Gasteiger partial charge in [-0.1, -0.05) is 12.1 Å². The number of urea groups is 1. The van der Waals surface area contributed by atoms with Crippen molar-refractivity contribution in [1.29, 1.82) is 0 Å². The van der Waals surface area contributed by atoms with E-state index in [0.29, 0.717) is 5.69 Å². The molecule has 0 radical (unpaired) electrons. The number of carbonyl (C=O) groups excluding carboxylic acids is 3. The van der Waals surface area contributed by atoms with Crippen LogP contribution >= 0.6 is 15.9 Å². The van der Waals surface area contributed by atoms with E-state index in [9.17, 15) is 14.4 Å². The van der Waals surface area contributed by atoms with E-state index in [1.54, 1.807) is 24.9 Å². The third-order valence-corrected chi connectivity index (χ3v) is 3.74. The van der Waals surface area contributed by atoms with E-state index in [4.69, 9.17) is 0 Å². The summed E-state index contributed by atoms with van der Waals surface area (Å²) in [5.41, 5.74) is 0.656. The lowest BCUT2D eigenvalue weighted by Crippen LogP contribution is -2.49. The van der Waals surface area contributed by atoms with Crippen molar-refractivity contribution < 1.29 is 14.4 Å². The first-order valence-electron chi connectivity index (χ1n) is 6.62. The van der Waals surface area contributed by atoms with Crippen LogP contribution in [0.15, 0.2) is 28.7 Å². The van der Waals surface area contributed by atoms with Crippen molar-refractivity contribution in [2.24, 2.45) is 0 Å². The van der Waals surface area contributed by atoms with Gasteiger partial charge in [0, 0.05) is 11.5 Å². The van der Waals surface area contributed by atoms with Crippen LogP contribution in [0.2, 0.25) is 0 Å². The van der Waals surface area contributed by atoms with Crippen molar-refractivity contribution in [2.75, 3.05) is 26.0 Å². The van der Waals surface area contributed by atoms with Crippen LogP contribution < -0.4 is 16.0 Å². The largest absolute Gasteiger partial charge is 0.341 e. The number of hydrogen-bond acceptors (Lipinski definition) is 4. The lowest BCUT2D eigenvalue weighted by Gasteiger charge is -2.22. The molecular formula is C14H19BrN4O3. The number of likely N-dealkylation sites (N-methyl/N-ethyl adjacent to an activating group) is 1. The van der Waals surface area contributed by atoms with E-state index in [-0.39, 0.29) is 12.5 Å². The van der Waals surface area contributed by atoms with Gasteiger partial charge in [0.1, 0.15) is 0 Å². The highest BCUT2D eigenvalue weighted by molar-refractivity contribution is 9.10. The molecule has 3 N–H and O–H groups in total. The van der Waals surface area contributed by atoms with Gasteiger partial charge in [-0.05, 0) is 42.0 Å². The Morgan fingerprint density at radius 1 is 1.27 bits per heavy atom. The zero-order valence-electron chi connectivity index (χ0n) is 12.6. The Morgan fingerprint density at radius 3 is 2.50 bits per heavy atom. The summed E-state index contributed by atoms with van der Waals surface area (Å²) in [6.45, 7) is 1.63. The molecule has 0 aromatic heterocycles. The first-order valence-corrected chi connectivity index (χ1v) is 7.41. The number of imide groups is 1. The maximum Gasteiger partial charge on any atom is 0.321 e. The summed E-state index contributed by atoms with van der Waals surface area (Å²) in [6.07, 6.45) is 0. The summed E-state index contributed by atoms with van der Waals surface area (Å²) in [6, 6.07) is 6.04. The highest BCUT2D eigenvalue weighted by Gasteiger charge is 2.21. The third-order valence-electron chi connectivity index (χ3n) is 3.05. The third kappa shape index (κ3) is 5.45. The fraction of sp³-hybridized carbons (Fsp3) is 0.357. The lowest BCUT2D eigenvalue weighted by atomic mass is 10.2. The molecule has 0 unspecified atom stereocenters. The number of benzene rings is 1. The van der Waals surface area contributed by atoms with Crippen LogP contribution in [0, 0.1) is 0 Å². The molecule has 1 aromatic carbocycles. The fourth-order valence-electron chi connectivity index (χ4n) is 1.59. The van der Waals surface area contributed by atoms with Crippen LogP contribution in [0.1, 0.15) is 6.92 Å². The maximum absolute atomic E-state index is 12.0. The van der Waals surface area contributed by atoms with Crippen LogP contribution in [0.25, 0.3) is 0 Å². The number of amides is 4. The number of hydrogen-bond donors (Lipinski definition) is 3. The second-order valence-corrected chi connectivity index (χ2v) is 5.54. The zero-order valence-corrected chi connectivity index (χ0v) is 14.2. The number of nitrogens with one attached hydrogen (secondary N) is 3. The molecule has 1 rings (SSSR count). The van der Waals surface area contributed by atoms with Gasteiger partial charge in [0.15, 0.2) is 0 Å². The van der Waals surface area contributed by atoms with Crippen molar-refractivity contribution in [3.05, 3.63) is 28.7 Å². The quantitative estimate of drug-likeness (QED) is 0.725. The first-order chi connectivity index (χ1) is 10.3. The fourth-order valence-corrected chi connectivity index (χ4v) is 1.98. The molecule has 0 heterocycles. The van der Waals surface area contributed by atoms with Crippen molar-refractivity contribution in [3.8, 4) is 0 Å². The molecule has 0 aliphatic carbocycles. The molecule has 1 atom stereocenters. The molecule has 4 amide bonds. The van der Waals surface area contributed by atoms with Crippen LogP contribution in [-0.2, 0) is 9.59 Å². The van der Waals surface area contributed by atoms with E-state index < -0.39 is 18.0 Å². The van der Waals surface area contributed by atoms with Crippen LogP contribution in [0.4, 0.5) is 10.5 Å². The van der Waals surface area contributed by atoms with Gasteiger partial charge in [-0.2, -0.15) is 0 Å². The molecule has 0 aliphatic heterocycles. The molecule has 0 fully saturated rings. The molecule has 0 spiro atoms. The molecule has 0 aliphatic rings. The monoisotopic (exact) mass is 370 g/mol. The predicted molar refractivity (Wildman–Crippen MR) is 87.5 cm³/mol. The average Bonchev–Trinajstić information content (AvgIpc) is 2.48. The molecule has 0 saturated carbocycles. The minimum Gasteiger partial charge on any atom is -0.341 e. The standard InChI is InChI=1S/C14H19BrN4O3/c1-9(13(21)18-14(22)16-2)19(3)8-12(20)17-11-7-5-4-6-10(11)15/h4-7,9H,8H2,1-3H3,(H,17,20)(H2,16,18,21,22)/t9-/m1/s1. The maximum atomic E-state index is 12.0. The second kappa shape index (κ2) is 8.50. The Kier molecular flexibility index (Phi) is 7.00. The Labute approximate surface area is 137 Å². The van der Waals surface area contributed by atoms with E-state index in [0.717, 1.165) is 4.47 Å². The summed E-state index contributed by atoms with van der Waals surface area (Å²) >= 11 is 3.34. The predicted octanol–water partition coefficient (Wildman–Crippen LogP) is 1.16. The van der Waals surface area contributed by atoms with Gasteiger partial charge >= 0.3 is 6.03 Å². The van der Waals surface area contributed by atoms with Crippen LogP contribution in [0.5, 0.6) is 0 Å². The number of para-hydroxylation sites is 1. The molecule has 1 aromatic rings. The molecule has 120 valence electrons. The lowest BCUT2D eigenvalue weighted by molar-refractivity contribution is -0.125. The topological polar surface area (TPSA) is 90.5 Å². The smallest absolute Gasteiger partial charge is 0.321 e. The number of halogens is 1. The van der Waals surface area contributed by atoms with Gasteiger partial charge in [0.2, 0.25) is 11.8 Å². The SMILES string of the molecule is CNC(=O)NC(=O)[C@@H](C)N(C)CC(=O)Nc1ccccc1Br. The number of carbonyl (C=O) groups is 3. The number of anilines is 1. The molecule has 0 saturated heterocycles. The summed E-state index contributed by atoms with van der Waals surface area (Å²) in [5, 5.41) is 7.22. The zero-order chi connectivity index (χ0) is 16.7. The van der Waals surface area contributed by atoms with Crippen molar-refractivity contribution in [3.63, 3.8) is 0 Å². The highest BCUT2D eigenvalue weighted by Crippen LogP contribution is 2.20.